The zero-order valence-corrected chi connectivity index (χ0v) is 9.94. The molecule has 2 nitrogen and oxygen atoms in total. The van der Waals surface area contributed by atoms with Crippen molar-refractivity contribution in [3.8, 4) is 0 Å². The molecule has 0 aromatic rings. The molecular formula is C12H25NO. The smallest absolute Gasteiger partial charge is 0.0961 e. The molecule has 0 atom stereocenters. The summed E-state index contributed by atoms with van der Waals surface area (Å²) >= 11 is 0. The van der Waals surface area contributed by atoms with Crippen LogP contribution >= 0.6 is 0 Å². The lowest BCUT2D eigenvalue weighted by atomic mass is 9.71. The maximum Gasteiger partial charge on any atom is 0.0961 e. The Morgan fingerprint density at radius 3 is 2.43 bits per heavy atom. The maximum atomic E-state index is 5.01. The Morgan fingerprint density at radius 2 is 1.86 bits per heavy atom. The average molecular weight is 199 g/mol. The number of nitrogens with one attached hydrogen (secondary N) is 1. The van der Waals surface area contributed by atoms with Crippen LogP contribution < -0.4 is 5.32 Å². The van der Waals surface area contributed by atoms with Crippen molar-refractivity contribution in [1.82, 2.24) is 5.32 Å². The van der Waals surface area contributed by atoms with Gasteiger partial charge in [-0.1, -0.05) is 33.1 Å². The first-order valence-electron chi connectivity index (χ1n) is 5.86. The summed E-state index contributed by atoms with van der Waals surface area (Å²) in [7, 11) is 1.74. The second-order valence-corrected chi connectivity index (χ2v) is 5.18. The highest BCUT2D eigenvalue weighted by molar-refractivity contribution is 4.82. The van der Waals surface area contributed by atoms with Crippen molar-refractivity contribution < 1.29 is 4.74 Å². The van der Waals surface area contributed by atoms with Crippen molar-refractivity contribution in [2.24, 2.45) is 11.3 Å². The van der Waals surface area contributed by atoms with Gasteiger partial charge in [0.2, 0.25) is 0 Å². The van der Waals surface area contributed by atoms with E-state index >= 15 is 0 Å². The van der Waals surface area contributed by atoms with Crippen LogP contribution in [0.1, 0.15) is 46.0 Å². The molecule has 0 aromatic carbocycles. The minimum Gasteiger partial charge on any atom is -0.370 e. The number of methoxy groups -OCH3 is 1. The average Bonchev–Trinajstić information content (AvgIpc) is 2.19. The Hall–Kier alpha value is -0.0800. The van der Waals surface area contributed by atoms with E-state index in [2.05, 4.69) is 19.2 Å². The van der Waals surface area contributed by atoms with E-state index in [0.29, 0.717) is 12.1 Å². The molecule has 0 heterocycles. The highest BCUT2D eigenvalue weighted by Gasteiger charge is 2.29. The van der Waals surface area contributed by atoms with Crippen LogP contribution in [0.2, 0.25) is 0 Å². The van der Waals surface area contributed by atoms with Gasteiger partial charge in [-0.3, -0.25) is 5.32 Å². The molecule has 2 heteroatoms. The normalized spacial score (nSPS) is 19.9. The minimum absolute atomic E-state index is 0.430. The van der Waals surface area contributed by atoms with Gasteiger partial charge in [-0.2, -0.15) is 0 Å². The maximum absolute atomic E-state index is 5.01. The third kappa shape index (κ3) is 3.58. The SMILES string of the molecule is COCNCC(C)(C)C1CCCCC1. The van der Waals surface area contributed by atoms with E-state index in [4.69, 9.17) is 4.74 Å². The van der Waals surface area contributed by atoms with E-state index in [1.54, 1.807) is 7.11 Å². The van der Waals surface area contributed by atoms with Crippen molar-refractivity contribution in [2.75, 3.05) is 20.4 Å². The van der Waals surface area contributed by atoms with Crippen molar-refractivity contribution in [2.45, 2.75) is 46.0 Å². The van der Waals surface area contributed by atoms with Crippen LogP contribution in [0.15, 0.2) is 0 Å². The summed E-state index contributed by atoms with van der Waals surface area (Å²) in [5.74, 6) is 0.903. The lowest BCUT2D eigenvalue weighted by Crippen LogP contribution is -2.37. The van der Waals surface area contributed by atoms with Crippen LogP contribution in [0.25, 0.3) is 0 Å². The predicted octanol–water partition coefficient (Wildman–Crippen LogP) is 2.79. The molecule has 84 valence electrons. The molecule has 1 aliphatic carbocycles. The molecule has 1 rings (SSSR count). The fourth-order valence-electron chi connectivity index (χ4n) is 2.50. The molecule has 0 unspecified atom stereocenters. The van der Waals surface area contributed by atoms with Gasteiger partial charge >= 0.3 is 0 Å². The molecule has 14 heavy (non-hydrogen) atoms. The van der Waals surface area contributed by atoms with Crippen molar-refractivity contribution >= 4 is 0 Å². The summed E-state index contributed by atoms with van der Waals surface area (Å²) in [6.07, 6.45) is 7.14. The zero-order chi connectivity index (χ0) is 10.4. The third-order valence-corrected chi connectivity index (χ3v) is 3.54. The van der Waals surface area contributed by atoms with Crippen LogP contribution in [0.4, 0.5) is 0 Å². The molecule has 0 bridgehead atoms. The fourth-order valence-corrected chi connectivity index (χ4v) is 2.50. The van der Waals surface area contributed by atoms with Crippen LogP contribution in [-0.4, -0.2) is 20.4 Å². The van der Waals surface area contributed by atoms with Crippen LogP contribution in [0, 0.1) is 11.3 Å². The largest absolute Gasteiger partial charge is 0.370 e. The first-order valence-corrected chi connectivity index (χ1v) is 5.86. The molecule has 0 amide bonds. The van der Waals surface area contributed by atoms with Crippen molar-refractivity contribution in [3.63, 3.8) is 0 Å². The monoisotopic (exact) mass is 199 g/mol. The lowest BCUT2D eigenvalue weighted by Gasteiger charge is -2.37. The van der Waals surface area contributed by atoms with E-state index in [1.165, 1.54) is 32.1 Å². The first-order chi connectivity index (χ1) is 6.67. The van der Waals surface area contributed by atoms with E-state index in [-0.39, 0.29) is 0 Å². The molecule has 0 spiro atoms. The molecule has 0 aliphatic heterocycles. The third-order valence-electron chi connectivity index (χ3n) is 3.54. The van der Waals surface area contributed by atoms with E-state index in [9.17, 15) is 0 Å². The molecule has 1 N–H and O–H groups in total. The highest BCUT2D eigenvalue weighted by Crippen LogP contribution is 2.37. The molecule has 0 aromatic heterocycles. The van der Waals surface area contributed by atoms with Crippen LogP contribution in [0.3, 0.4) is 0 Å². The first kappa shape index (κ1) is 12.0. The van der Waals surface area contributed by atoms with Gasteiger partial charge < -0.3 is 4.74 Å². The number of hydrogen-bond donors (Lipinski definition) is 1. The molecule has 1 fully saturated rings. The Balaban J connectivity index is 2.29. The minimum atomic E-state index is 0.430. The highest BCUT2D eigenvalue weighted by atomic mass is 16.5. The Kier molecular flexibility index (Phi) is 4.90. The van der Waals surface area contributed by atoms with Crippen molar-refractivity contribution in [3.05, 3.63) is 0 Å². The second kappa shape index (κ2) is 5.72. The number of rotatable bonds is 5. The summed E-state index contributed by atoms with van der Waals surface area (Å²) in [5, 5.41) is 3.35. The quantitative estimate of drug-likeness (QED) is 0.543. The molecular weight excluding hydrogens is 174 g/mol. The van der Waals surface area contributed by atoms with Gasteiger partial charge in [-0.15, -0.1) is 0 Å². The van der Waals surface area contributed by atoms with Gasteiger partial charge in [0.05, 0.1) is 6.73 Å². The fraction of sp³-hybridized carbons (Fsp3) is 1.00. The predicted molar refractivity (Wildman–Crippen MR) is 60.2 cm³/mol. The number of hydrogen-bond acceptors (Lipinski definition) is 2. The molecule has 1 aliphatic rings. The number of ether oxygens (including phenoxy) is 1. The van der Waals surface area contributed by atoms with Gasteiger partial charge in [0, 0.05) is 13.7 Å². The molecule has 1 saturated carbocycles. The van der Waals surface area contributed by atoms with E-state index in [0.717, 1.165) is 12.5 Å². The Morgan fingerprint density at radius 1 is 1.21 bits per heavy atom. The zero-order valence-electron chi connectivity index (χ0n) is 9.94. The summed E-state index contributed by atoms with van der Waals surface area (Å²) in [5.41, 5.74) is 0.430. The van der Waals surface area contributed by atoms with Gasteiger partial charge in [-0.05, 0) is 24.2 Å². The Labute approximate surface area is 88.4 Å². The van der Waals surface area contributed by atoms with Crippen molar-refractivity contribution in [1.29, 1.82) is 0 Å². The standard InChI is InChI=1S/C12H25NO/c1-12(2,9-13-10-14-3)11-7-5-4-6-8-11/h11,13H,4-10H2,1-3H3. The topological polar surface area (TPSA) is 21.3 Å². The summed E-state index contributed by atoms with van der Waals surface area (Å²) in [6.45, 7) is 6.51. The summed E-state index contributed by atoms with van der Waals surface area (Å²) in [4.78, 5) is 0. The van der Waals surface area contributed by atoms with Gasteiger partial charge in [0.25, 0.3) is 0 Å². The molecule has 0 saturated heterocycles. The summed E-state index contributed by atoms with van der Waals surface area (Å²) in [6, 6.07) is 0. The Bertz CT molecular complexity index is 150. The van der Waals surface area contributed by atoms with Crippen LogP contribution in [0.5, 0.6) is 0 Å². The van der Waals surface area contributed by atoms with Gasteiger partial charge in [-0.25, -0.2) is 0 Å². The van der Waals surface area contributed by atoms with E-state index < -0.39 is 0 Å². The lowest BCUT2D eigenvalue weighted by molar-refractivity contribution is 0.119. The van der Waals surface area contributed by atoms with Gasteiger partial charge in [0.1, 0.15) is 0 Å². The van der Waals surface area contributed by atoms with E-state index in [1.807, 2.05) is 0 Å². The summed E-state index contributed by atoms with van der Waals surface area (Å²) < 4.78 is 5.01. The second-order valence-electron chi connectivity index (χ2n) is 5.18. The van der Waals surface area contributed by atoms with Crippen LogP contribution in [-0.2, 0) is 4.74 Å². The van der Waals surface area contributed by atoms with Gasteiger partial charge in [0.15, 0.2) is 0 Å². The molecule has 0 radical (unpaired) electrons.